The molecule has 0 unspecified atom stereocenters. The zero-order chi connectivity index (χ0) is 13.1. The molecule has 1 aromatic carbocycles. The van der Waals surface area contributed by atoms with Gasteiger partial charge in [0.25, 0.3) is 5.91 Å². The number of carbonyl (C=O) groups excluding carboxylic acids is 1. The normalized spacial score (nSPS) is 15.6. The molecule has 1 amide bonds. The average Bonchev–Trinajstić information content (AvgIpc) is 2.38. The van der Waals surface area contributed by atoms with E-state index in [0.717, 1.165) is 44.4 Å². The predicted molar refractivity (Wildman–Crippen MR) is 88.2 cm³/mol. The number of hydrogen-bond donors (Lipinski definition) is 0. The van der Waals surface area contributed by atoms with E-state index in [4.69, 9.17) is 4.74 Å². The first-order valence-corrected chi connectivity index (χ1v) is 8.11. The summed E-state index contributed by atoms with van der Waals surface area (Å²) in [5.41, 5.74) is 0.770. The highest BCUT2D eigenvalue weighted by Gasteiger charge is 2.20. The van der Waals surface area contributed by atoms with Gasteiger partial charge < -0.3 is 9.64 Å². The van der Waals surface area contributed by atoms with Crippen LogP contribution in [0.15, 0.2) is 12.1 Å². The van der Waals surface area contributed by atoms with Crippen LogP contribution in [0.25, 0.3) is 0 Å². The minimum Gasteiger partial charge on any atom is -0.495 e. The van der Waals surface area contributed by atoms with E-state index in [2.05, 4.69) is 45.2 Å². The van der Waals surface area contributed by atoms with Crippen LogP contribution < -0.4 is 4.74 Å². The lowest BCUT2D eigenvalue weighted by Crippen LogP contribution is -2.35. The minimum absolute atomic E-state index is 0.146. The summed E-state index contributed by atoms with van der Waals surface area (Å²) in [5, 5.41) is 0. The summed E-state index contributed by atoms with van der Waals surface area (Å²) >= 11 is 4.43. The Kier molecular flexibility index (Phi) is 5.11. The first kappa shape index (κ1) is 14.4. The number of amides is 1. The van der Waals surface area contributed by atoms with Crippen molar-refractivity contribution < 1.29 is 9.53 Å². The lowest BCUT2D eigenvalue weighted by atomic mass is 10.1. The quantitative estimate of drug-likeness (QED) is 0.619. The Morgan fingerprint density at radius 1 is 1.17 bits per heavy atom. The summed E-state index contributed by atoms with van der Waals surface area (Å²) in [4.78, 5) is 14.3. The summed E-state index contributed by atoms with van der Waals surface area (Å²) < 4.78 is 7.29. The van der Waals surface area contributed by atoms with Crippen LogP contribution in [0.3, 0.4) is 0 Å². The third kappa shape index (κ3) is 3.09. The lowest BCUT2D eigenvalue weighted by molar-refractivity contribution is 0.0724. The molecule has 1 heterocycles. The van der Waals surface area contributed by atoms with Crippen molar-refractivity contribution in [3.8, 4) is 5.75 Å². The molecule has 1 fully saturated rings. The number of piperidine rings is 1. The van der Waals surface area contributed by atoms with E-state index >= 15 is 0 Å². The Labute approximate surface area is 135 Å². The van der Waals surface area contributed by atoms with E-state index in [9.17, 15) is 4.79 Å². The summed E-state index contributed by atoms with van der Waals surface area (Å²) in [7, 11) is 1.66. The average molecular weight is 471 g/mol. The lowest BCUT2D eigenvalue weighted by Gasteiger charge is -2.27. The van der Waals surface area contributed by atoms with E-state index in [1.807, 2.05) is 17.0 Å². The topological polar surface area (TPSA) is 29.5 Å². The summed E-state index contributed by atoms with van der Waals surface area (Å²) in [6.45, 7) is 1.77. The van der Waals surface area contributed by atoms with E-state index in [0.29, 0.717) is 0 Å². The predicted octanol–water partition coefficient (Wildman–Crippen LogP) is 3.53. The van der Waals surface area contributed by atoms with Gasteiger partial charge in [0.15, 0.2) is 0 Å². The molecule has 3 nitrogen and oxygen atoms in total. The number of rotatable bonds is 2. The van der Waals surface area contributed by atoms with Crippen LogP contribution >= 0.6 is 45.2 Å². The second kappa shape index (κ2) is 6.40. The van der Waals surface area contributed by atoms with Crippen LogP contribution in [0.5, 0.6) is 5.75 Å². The molecular formula is C13H15I2NO2. The Morgan fingerprint density at radius 3 is 2.22 bits per heavy atom. The van der Waals surface area contributed by atoms with Crippen molar-refractivity contribution in [2.45, 2.75) is 19.3 Å². The molecule has 0 N–H and O–H groups in total. The van der Waals surface area contributed by atoms with Gasteiger partial charge in [0.05, 0.1) is 14.3 Å². The van der Waals surface area contributed by atoms with Gasteiger partial charge in [-0.15, -0.1) is 0 Å². The van der Waals surface area contributed by atoms with E-state index in [-0.39, 0.29) is 5.91 Å². The first-order valence-electron chi connectivity index (χ1n) is 5.96. The van der Waals surface area contributed by atoms with Gasteiger partial charge in [0.2, 0.25) is 0 Å². The zero-order valence-corrected chi connectivity index (χ0v) is 14.5. The van der Waals surface area contributed by atoms with Gasteiger partial charge in [0, 0.05) is 18.7 Å². The summed E-state index contributed by atoms with van der Waals surface area (Å²) in [6.07, 6.45) is 3.48. The number of hydrogen-bond acceptors (Lipinski definition) is 2. The molecule has 98 valence electrons. The number of ether oxygens (including phenoxy) is 1. The molecule has 0 saturated carbocycles. The fourth-order valence-electron chi connectivity index (χ4n) is 2.16. The molecule has 0 aliphatic carbocycles. The third-order valence-electron chi connectivity index (χ3n) is 3.09. The van der Waals surface area contributed by atoms with Crippen LogP contribution in [0.4, 0.5) is 0 Å². The maximum absolute atomic E-state index is 12.4. The highest BCUT2D eigenvalue weighted by molar-refractivity contribution is 14.1. The van der Waals surface area contributed by atoms with E-state index in [1.54, 1.807) is 7.11 Å². The second-order valence-electron chi connectivity index (χ2n) is 4.33. The smallest absolute Gasteiger partial charge is 0.253 e. The van der Waals surface area contributed by atoms with Crippen molar-refractivity contribution in [3.05, 3.63) is 24.8 Å². The van der Waals surface area contributed by atoms with Gasteiger partial charge in [-0.1, -0.05) is 0 Å². The molecule has 0 atom stereocenters. The molecule has 0 spiro atoms. The number of benzene rings is 1. The van der Waals surface area contributed by atoms with Gasteiger partial charge in [-0.3, -0.25) is 4.79 Å². The largest absolute Gasteiger partial charge is 0.495 e. The monoisotopic (exact) mass is 471 g/mol. The van der Waals surface area contributed by atoms with Gasteiger partial charge in [-0.25, -0.2) is 0 Å². The SMILES string of the molecule is COc1c(I)cc(C(=O)N2CCCCC2)cc1I. The minimum atomic E-state index is 0.146. The van der Waals surface area contributed by atoms with Crippen molar-refractivity contribution in [1.29, 1.82) is 0 Å². The van der Waals surface area contributed by atoms with Crippen LogP contribution in [0.2, 0.25) is 0 Å². The molecule has 1 aliphatic rings. The molecule has 1 aromatic rings. The Morgan fingerprint density at radius 2 is 1.72 bits per heavy atom. The van der Waals surface area contributed by atoms with Gasteiger partial charge >= 0.3 is 0 Å². The fraction of sp³-hybridized carbons (Fsp3) is 0.462. The maximum atomic E-state index is 12.4. The van der Waals surface area contributed by atoms with Crippen molar-refractivity contribution in [3.63, 3.8) is 0 Å². The Hall–Kier alpha value is -0.0500. The van der Waals surface area contributed by atoms with Crippen LogP contribution in [-0.2, 0) is 0 Å². The molecule has 18 heavy (non-hydrogen) atoms. The molecule has 0 aromatic heterocycles. The highest BCUT2D eigenvalue weighted by Crippen LogP contribution is 2.29. The van der Waals surface area contributed by atoms with Crippen LogP contribution in [0.1, 0.15) is 29.6 Å². The van der Waals surface area contributed by atoms with E-state index < -0.39 is 0 Å². The summed E-state index contributed by atoms with van der Waals surface area (Å²) in [6, 6.07) is 3.83. The van der Waals surface area contributed by atoms with Gasteiger partial charge in [-0.2, -0.15) is 0 Å². The van der Waals surface area contributed by atoms with Crippen molar-refractivity contribution >= 4 is 51.1 Å². The molecule has 0 radical (unpaired) electrons. The third-order valence-corrected chi connectivity index (χ3v) is 4.70. The first-order chi connectivity index (χ1) is 8.63. The fourth-order valence-corrected chi connectivity index (χ4v) is 4.37. The number of nitrogens with zero attached hydrogens (tertiary/aromatic N) is 1. The van der Waals surface area contributed by atoms with Crippen LogP contribution in [-0.4, -0.2) is 31.0 Å². The number of halogens is 2. The van der Waals surface area contributed by atoms with Crippen molar-refractivity contribution in [2.24, 2.45) is 0 Å². The van der Waals surface area contributed by atoms with Gasteiger partial charge in [-0.05, 0) is 76.6 Å². The van der Waals surface area contributed by atoms with Gasteiger partial charge in [0.1, 0.15) is 5.75 Å². The molecular weight excluding hydrogens is 456 g/mol. The Bertz CT molecular complexity index is 433. The van der Waals surface area contributed by atoms with E-state index in [1.165, 1.54) is 6.42 Å². The standard InChI is InChI=1S/C13H15I2NO2/c1-18-12-10(14)7-9(8-11(12)15)13(17)16-5-3-2-4-6-16/h7-8H,2-6H2,1H3. The van der Waals surface area contributed by atoms with Crippen LogP contribution in [0, 0.1) is 7.14 Å². The highest BCUT2D eigenvalue weighted by atomic mass is 127. The number of methoxy groups -OCH3 is 1. The molecule has 0 bridgehead atoms. The number of carbonyl (C=O) groups is 1. The Balaban J connectivity index is 2.25. The maximum Gasteiger partial charge on any atom is 0.253 e. The van der Waals surface area contributed by atoms with Crippen molar-refractivity contribution in [1.82, 2.24) is 4.90 Å². The second-order valence-corrected chi connectivity index (χ2v) is 6.65. The summed E-state index contributed by atoms with van der Waals surface area (Å²) in [5.74, 6) is 1.000. The van der Waals surface area contributed by atoms with Crippen molar-refractivity contribution in [2.75, 3.05) is 20.2 Å². The molecule has 1 saturated heterocycles. The molecule has 1 aliphatic heterocycles. The zero-order valence-electron chi connectivity index (χ0n) is 10.2. The number of likely N-dealkylation sites (tertiary alicyclic amines) is 1. The molecule has 5 heteroatoms. The molecule has 2 rings (SSSR count).